The minimum Gasteiger partial charge on any atom is -0.423 e. The van der Waals surface area contributed by atoms with Gasteiger partial charge in [0.25, 0.3) is 0 Å². The Morgan fingerprint density at radius 1 is 1.14 bits per heavy atom. The third kappa shape index (κ3) is 3.19. The number of halogens is 2. The Hall–Kier alpha value is -1.59. The molecule has 0 spiro atoms. The molecule has 2 nitrogen and oxygen atoms in total. The Balaban J connectivity index is 1.97. The predicted octanol–water partition coefficient (Wildman–Crippen LogP) is 4.99. The minimum absolute atomic E-state index is 0.252. The van der Waals surface area contributed by atoms with E-state index in [1.54, 1.807) is 24.3 Å². The van der Waals surface area contributed by atoms with Gasteiger partial charge in [-0.1, -0.05) is 28.1 Å². The molecule has 0 aliphatic rings. The summed E-state index contributed by atoms with van der Waals surface area (Å²) in [6, 6.07) is 13.6. The molecule has 5 heteroatoms. The van der Waals surface area contributed by atoms with E-state index in [9.17, 15) is 9.18 Å². The highest BCUT2D eigenvalue weighted by atomic mass is 79.9. The van der Waals surface area contributed by atoms with Crippen molar-refractivity contribution in [3.8, 4) is 0 Å². The van der Waals surface area contributed by atoms with Gasteiger partial charge in [0.05, 0.1) is 0 Å². The molecule has 0 radical (unpaired) electrons. The molecule has 0 amide bonds. The second-order valence-electron chi connectivity index (χ2n) is 4.45. The van der Waals surface area contributed by atoms with Crippen LogP contribution in [0.25, 0.3) is 11.0 Å². The molecule has 0 N–H and O–H groups in total. The lowest BCUT2D eigenvalue weighted by atomic mass is 10.1. The van der Waals surface area contributed by atoms with Crippen LogP contribution in [0.2, 0.25) is 0 Å². The van der Waals surface area contributed by atoms with Crippen LogP contribution in [0.5, 0.6) is 0 Å². The van der Waals surface area contributed by atoms with E-state index < -0.39 is 5.63 Å². The molecule has 0 saturated carbocycles. The molecular formula is C16H10BrFO2S. The molecule has 0 atom stereocenters. The lowest BCUT2D eigenvalue weighted by molar-refractivity contribution is 0.559. The summed E-state index contributed by atoms with van der Waals surface area (Å²) in [5.74, 6) is 0.252. The molecule has 106 valence electrons. The van der Waals surface area contributed by atoms with E-state index in [1.165, 1.54) is 23.9 Å². The first kappa shape index (κ1) is 14.4. The first-order chi connectivity index (χ1) is 10.1. The monoisotopic (exact) mass is 364 g/mol. The summed E-state index contributed by atoms with van der Waals surface area (Å²) in [5.41, 5.74) is 0.966. The molecule has 1 aromatic heterocycles. The average molecular weight is 365 g/mol. The molecule has 0 aliphatic carbocycles. The van der Waals surface area contributed by atoms with Crippen LogP contribution in [0, 0.1) is 5.82 Å². The van der Waals surface area contributed by atoms with Crippen LogP contribution in [0.4, 0.5) is 4.39 Å². The van der Waals surface area contributed by atoms with E-state index in [1.807, 2.05) is 12.1 Å². The van der Waals surface area contributed by atoms with Gasteiger partial charge in [-0.2, -0.15) is 0 Å². The predicted molar refractivity (Wildman–Crippen MR) is 86.1 cm³/mol. The van der Waals surface area contributed by atoms with Gasteiger partial charge in [-0.15, -0.1) is 11.8 Å². The topological polar surface area (TPSA) is 30.2 Å². The summed E-state index contributed by atoms with van der Waals surface area (Å²) in [6.45, 7) is 0. The first-order valence-electron chi connectivity index (χ1n) is 6.23. The highest BCUT2D eigenvalue weighted by molar-refractivity contribution is 9.10. The summed E-state index contributed by atoms with van der Waals surface area (Å²) >= 11 is 4.71. The van der Waals surface area contributed by atoms with E-state index >= 15 is 0 Å². The summed E-state index contributed by atoms with van der Waals surface area (Å²) in [6.07, 6.45) is 0. The molecule has 21 heavy (non-hydrogen) atoms. The van der Waals surface area contributed by atoms with Crippen LogP contribution < -0.4 is 5.63 Å². The Bertz CT molecular complexity index is 860. The molecule has 0 aliphatic heterocycles. The van der Waals surface area contributed by atoms with Crippen molar-refractivity contribution in [2.24, 2.45) is 0 Å². The second-order valence-corrected chi connectivity index (χ2v) is 6.38. The van der Waals surface area contributed by atoms with Crippen LogP contribution in [0.15, 0.2) is 67.1 Å². The van der Waals surface area contributed by atoms with Crippen molar-refractivity contribution in [2.75, 3.05) is 0 Å². The van der Waals surface area contributed by atoms with Gasteiger partial charge in [0.15, 0.2) is 0 Å². The normalized spacial score (nSPS) is 11.0. The lowest BCUT2D eigenvalue weighted by Gasteiger charge is -2.06. The first-order valence-corrected chi connectivity index (χ1v) is 8.01. The van der Waals surface area contributed by atoms with Gasteiger partial charge in [0.2, 0.25) is 0 Å². The van der Waals surface area contributed by atoms with Crippen LogP contribution in [0.1, 0.15) is 5.56 Å². The number of thioether (sulfide) groups is 1. The highest BCUT2D eigenvalue weighted by Gasteiger charge is 2.08. The van der Waals surface area contributed by atoms with Gasteiger partial charge in [-0.25, -0.2) is 9.18 Å². The van der Waals surface area contributed by atoms with Gasteiger partial charge < -0.3 is 4.42 Å². The fourth-order valence-electron chi connectivity index (χ4n) is 2.04. The van der Waals surface area contributed by atoms with Gasteiger partial charge in [0, 0.05) is 26.6 Å². The Morgan fingerprint density at radius 2 is 1.95 bits per heavy atom. The van der Waals surface area contributed by atoms with Crippen molar-refractivity contribution >= 4 is 38.7 Å². The Labute approximate surface area is 133 Å². The van der Waals surface area contributed by atoms with Crippen molar-refractivity contribution in [3.63, 3.8) is 0 Å². The SMILES string of the molecule is O=c1cc(CSc2ccccc2F)c2ccc(Br)cc2o1. The molecule has 0 unspecified atom stereocenters. The highest BCUT2D eigenvalue weighted by Crippen LogP contribution is 2.29. The maximum absolute atomic E-state index is 13.6. The van der Waals surface area contributed by atoms with Crippen LogP contribution in [0.3, 0.4) is 0 Å². The van der Waals surface area contributed by atoms with Crippen molar-refractivity contribution in [1.29, 1.82) is 0 Å². The summed E-state index contributed by atoms with van der Waals surface area (Å²) in [5, 5.41) is 0.863. The second kappa shape index (κ2) is 6.03. The maximum atomic E-state index is 13.6. The molecule has 3 aromatic rings. The molecule has 0 saturated heterocycles. The maximum Gasteiger partial charge on any atom is 0.336 e. The summed E-state index contributed by atoms with van der Waals surface area (Å²) in [4.78, 5) is 12.2. The number of hydrogen-bond donors (Lipinski definition) is 0. The lowest BCUT2D eigenvalue weighted by Crippen LogP contribution is -2.00. The van der Waals surface area contributed by atoms with Gasteiger partial charge in [-0.3, -0.25) is 0 Å². The average Bonchev–Trinajstić information content (AvgIpc) is 2.45. The zero-order valence-electron chi connectivity index (χ0n) is 10.8. The smallest absolute Gasteiger partial charge is 0.336 e. The molecule has 3 rings (SSSR count). The Kier molecular flexibility index (Phi) is 4.12. The number of rotatable bonds is 3. The third-order valence-electron chi connectivity index (χ3n) is 3.01. The summed E-state index contributed by atoms with van der Waals surface area (Å²) in [7, 11) is 0. The van der Waals surface area contributed by atoms with E-state index in [-0.39, 0.29) is 5.82 Å². The number of hydrogen-bond acceptors (Lipinski definition) is 3. The van der Waals surface area contributed by atoms with E-state index in [0.29, 0.717) is 16.2 Å². The molecule has 1 heterocycles. The van der Waals surface area contributed by atoms with E-state index in [0.717, 1.165) is 15.4 Å². The molecule has 2 aromatic carbocycles. The van der Waals surface area contributed by atoms with Crippen molar-refractivity contribution in [2.45, 2.75) is 10.6 Å². The Morgan fingerprint density at radius 3 is 2.76 bits per heavy atom. The standard InChI is InChI=1S/C16H10BrFO2S/c17-11-5-6-12-10(7-16(19)20-14(12)8-11)9-21-15-4-2-1-3-13(15)18/h1-8H,9H2. The van der Waals surface area contributed by atoms with E-state index in [2.05, 4.69) is 15.9 Å². The molecule has 0 bridgehead atoms. The summed E-state index contributed by atoms with van der Waals surface area (Å²) < 4.78 is 19.7. The fourth-order valence-corrected chi connectivity index (χ4v) is 3.31. The number of benzene rings is 2. The van der Waals surface area contributed by atoms with Gasteiger partial charge in [-0.05, 0) is 35.9 Å². The zero-order chi connectivity index (χ0) is 14.8. The van der Waals surface area contributed by atoms with Crippen LogP contribution in [-0.2, 0) is 5.75 Å². The van der Waals surface area contributed by atoms with Crippen molar-refractivity contribution in [3.05, 3.63) is 74.8 Å². The van der Waals surface area contributed by atoms with Crippen LogP contribution >= 0.6 is 27.7 Å². The van der Waals surface area contributed by atoms with E-state index in [4.69, 9.17) is 4.42 Å². The van der Waals surface area contributed by atoms with Gasteiger partial charge >= 0.3 is 5.63 Å². The minimum atomic E-state index is -0.398. The van der Waals surface area contributed by atoms with Crippen molar-refractivity contribution < 1.29 is 8.81 Å². The van der Waals surface area contributed by atoms with Crippen molar-refractivity contribution in [1.82, 2.24) is 0 Å². The molecular weight excluding hydrogens is 355 g/mol. The van der Waals surface area contributed by atoms with Crippen LogP contribution in [-0.4, -0.2) is 0 Å². The zero-order valence-corrected chi connectivity index (χ0v) is 13.2. The third-order valence-corrected chi connectivity index (χ3v) is 4.60. The molecule has 0 fully saturated rings. The van der Waals surface area contributed by atoms with Gasteiger partial charge in [0.1, 0.15) is 11.4 Å². The quantitative estimate of drug-likeness (QED) is 0.484. The number of fused-ring (bicyclic) bond motifs is 1. The fraction of sp³-hybridized carbons (Fsp3) is 0.0625. The largest absolute Gasteiger partial charge is 0.423 e.